The van der Waals surface area contributed by atoms with Crippen LogP contribution in [0.1, 0.15) is 24.8 Å². The summed E-state index contributed by atoms with van der Waals surface area (Å²) in [5.41, 5.74) is 0.802. The van der Waals surface area contributed by atoms with E-state index < -0.39 is 0 Å². The third kappa shape index (κ3) is 2.18. The third-order valence-electron chi connectivity index (χ3n) is 4.85. The quantitative estimate of drug-likeness (QED) is 0.859. The number of rotatable bonds is 3. The van der Waals surface area contributed by atoms with Crippen molar-refractivity contribution in [3.63, 3.8) is 0 Å². The molecule has 1 N–H and O–H groups in total. The molecule has 1 aromatic rings. The molecule has 0 spiro atoms. The number of benzene rings is 1. The summed E-state index contributed by atoms with van der Waals surface area (Å²) in [6.07, 6.45) is 3.19. The first-order valence-corrected chi connectivity index (χ1v) is 7.23. The Morgan fingerprint density at radius 3 is 3.15 bits per heavy atom. The summed E-state index contributed by atoms with van der Waals surface area (Å²) in [6.45, 7) is 2.51. The fourth-order valence-corrected chi connectivity index (χ4v) is 3.96. The number of fused-ring (bicyclic) bond motifs is 1. The van der Waals surface area contributed by atoms with E-state index in [0.717, 1.165) is 44.5 Å². The summed E-state index contributed by atoms with van der Waals surface area (Å²) in [5, 5.41) is 9.53. The third-order valence-corrected chi connectivity index (χ3v) is 4.85. The number of carbonyl (C=O) groups is 1. The van der Waals surface area contributed by atoms with Crippen LogP contribution < -0.4 is 0 Å². The predicted octanol–water partition coefficient (Wildman–Crippen LogP) is 2.17. The van der Waals surface area contributed by atoms with Crippen molar-refractivity contribution in [2.24, 2.45) is 11.3 Å². The lowest BCUT2D eigenvalue weighted by Gasteiger charge is -2.25. The van der Waals surface area contributed by atoms with Crippen molar-refractivity contribution in [1.82, 2.24) is 4.90 Å². The first-order chi connectivity index (χ1) is 9.64. The lowest BCUT2D eigenvalue weighted by molar-refractivity contribution is -0.153. The van der Waals surface area contributed by atoms with Gasteiger partial charge < -0.3 is 9.84 Å². The molecule has 2 atom stereocenters. The Morgan fingerprint density at radius 2 is 2.40 bits per heavy atom. The molecule has 4 nitrogen and oxygen atoms in total. The smallest absolute Gasteiger partial charge is 0.313 e. The first-order valence-electron chi connectivity index (χ1n) is 7.23. The van der Waals surface area contributed by atoms with Crippen molar-refractivity contribution in [2.75, 3.05) is 20.2 Å². The Morgan fingerprint density at radius 1 is 1.55 bits per heavy atom. The van der Waals surface area contributed by atoms with Crippen molar-refractivity contribution < 1.29 is 14.6 Å². The number of likely N-dealkylation sites (tertiary alicyclic amines) is 1. The van der Waals surface area contributed by atoms with Crippen LogP contribution in [0.2, 0.25) is 0 Å². The van der Waals surface area contributed by atoms with Crippen LogP contribution >= 0.6 is 0 Å². The van der Waals surface area contributed by atoms with Crippen LogP contribution in [0.4, 0.5) is 0 Å². The van der Waals surface area contributed by atoms with Crippen LogP contribution in [-0.4, -0.2) is 36.2 Å². The summed E-state index contributed by atoms with van der Waals surface area (Å²) in [4.78, 5) is 14.5. The topological polar surface area (TPSA) is 49.8 Å². The molecule has 0 unspecified atom stereocenters. The van der Waals surface area contributed by atoms with Gasteiger partial charge in [-0.25, -0.2) is 0 Å². The van der Waals surface area contributed by atoms with Gasteiger partial charge in [-0.2, -0.15) is 0 Å². The van der Waals surface area contributed by atoms with Gasteiger partial charge in [0.05, 0.1) is 12.5 Å². The van der Waals surface area contributed by atoms with Gasteiger partial charge in [-0.3, -0.25) is 9.69 Å². The number of phenols is 1. The predicted molar refractivity (Wildman–Crippen MR) is 75.2 cm³/mol. The zero-order valence-corrected chi connectivity index (χ0v) is 11.8. The van der Waals surface area contributed by atoms with Gasteiger partial charge in [0.15, 0.2) is 0 Å². The second kappa shape index (κ2) is 5.09. The van der Waals surface area contributed by atoms with Gasteiger partial charge in [-0.1, -0.05) is 18.6 Å². The number of hydrogen-bond donors (Lipinski definition) is 1. The van der Waals surface area contributed by atoms with Crippen LogP contribution in [0.15, 0.2) is 24.3 Å². The van der Waals surface area contributed by atoms with E-state index in [1.54, 1.807) is 12.1 Å². The minimum atomic E-state index is -0.286. The summed E-state index contributed by atoms with van der Waals surface area (Å²) < 4.78 is 5.05. The molecule has 3 rings (SSSR count). The fourth-order valence-electron chi connectivity index (χ4n) is 3.96. The van der Waals surface area contributed by atoms with Crippen LogP contribution in [-0.2, 0) is 16.1 Å². The zero-order chi connectivity index (χ0) is 14.2. The Balaban J connectivity index is 1.74. The van der Waals surface area contributed by atoms with E-state index in [1.807, 2.05) is 12.1 Å². The number of carbonyl (C=O) groups excluding carboxylic acids is 1. The van der Waals surface area contributed by atoms with Gasteiger partial charge in [-0.15, -0.1) is 0 Å². The molecule has 0 bridgehead atoms. The van der Waals surface area contributed by atoms with E-state index in [-0.39, 0.29) is 11.4 Å². The van der Waals surface area contributed by atoms with Gasteiger partial charge in [0.2, 0.25) is 0 Å². The molecule has 108 valence electrons. The SMILES string of the molecule is COC(=O)[C@@]12CCC[C@@H]1CN(Cc1cccc(O)c1)C2. The van der Waals surface area contributed by atoms with Crippen LogP contribution in [0, 0.1) is 11.3 Å². The molecule has 1 saturated heterocycles. The molecule has 1 saturated carbocycles. The summed E-state index contributed by atoms with van der Waals surface area (Å²) in [5.74, 6) is 0.676. The highest BCUT2D eigenvalue weighted by molar-refractivity contribution is 5.78. The molecule has 1 heterocycles. The molecule has 4 heteroatoms. The molecule has 20 heavy (non-hydrogen) atoms. The Labute approximate surface area is 119 Å². The second-order valence-corrected chi connectivity index (χ2v) is 6.08. The van der Waals surface area contributed by atoms with Crippen molar-refractivity contribution in [3.8, 4) is 5.75 Å². The van der Waals surface area contributed by atoms with Gasteiger partial charge >= 0.3 is 5.97 Å². The standard InChI is InChI=1S/C16H21NO3/c1-20-15(19)16-7-3-5-13(16)10-17(11-16)9-12-4-2-6-14(18)8-12/h2,4,6,8,13,18H,3,5,7,9-11H2,1H3/t13-,16-/m1/s1. The molecule has 0 amide bonds. The Hall–Kier alpha value is -1.55. The van der Waals surface area contributed by atoms with Gasteiger partial charge in [-0.05, 0) is 36.5 Å². The molecule has 0 aromatic heterocycles. The molecule has 2 aliphatic rings. The van der Waals surface area contributed by atoms with Crippen LogP contribution in [0.5, 0.6) is 5.75 Å². The largest absolute Gasteiger partial charge is 0.508 e. The lowest BCUT2D eigenvalue weighted by Crippen LogP contribution is -2.36. The molecule has 1 aliphatic carbocycles. The molecular weight excluding hydrogens is 254 g/mol. The Bertz CT molecular complexity index is 516. The number of nitrogens with zero attached hydrogens (tertiary/aromatic N) is 1. The van der Waals surface area contributed by atoms with Crippen molar-refractivity contribution >= 4 is 5.97 Å². The maximum Gasteiger partial charge on any atom is 0.313 e. The maximum absolute atomic E-state index is 12.2. The van der Waals surface area contributed by atoms with Crippen LogP contribution in [0.25, 0.3) is 0 Å². The second-order valence-electron chi connectivity index (χ2n) is 6.08. The Kier molecular flexibility index (Phi) is 3.42. The monoisotopic (exact) mass is 275 g/mol. The number of esters is 1. The summed E-state index contributed by atoms with van der Waals surface area (Å²) in [6, 6.07) is 7.34. The molecule has 0 radical (unpaired) electrons. The zero-order valence-electron chi connectivity index (χ0n) is 11.8. The number of hydrogen-bond acceptors (Lipinski definition) is 4. The number of ether oxygens (including phenoxy) is 1. The van der Waals surface area contributed by atoms with Crippen molar-refractivity contribution in [1.29, 1.82) is 0 Å². The highest BCUT2D eigenvalue weighted by atomic mass is 16.5. The summed E-state index contributed by atoms with van der Waals surface area (Å²) >= 11 is 0. The number of phenolic OH excluding ortho intramolecular Hbond substituents is 1. The maximum atomic E-state index is 12.2. The van der Waals surface area contributed by atoms with E-state index in [2.05, 4.69) is 4.90 Å². The fraction of sp³-hybridized carbons (Fsp3) is 0.562. The highest BCUT2D eigenvalue weighted by Crippen LogP contribution is 2.49. The normalized spacial score (nSPS) is 29.4. The van der Waals surface area contributed by atoms with Crippen molar-refractivity contribution in [3.05, 3.63) is 29.8 Å². The molecule has 1 aromatic carbocycles. The van der Waals surface area contributed by atoms with Gasteiger partial charge in [0.25, 0.3) is 0 Å². The van der Waals surface area contributed by atoms with E-state index in [1.165, 1.54) is 7.11 Å². The van der Waals surface area contributed by atoms with Crippen LogP contribution in [0.3, 0.4) is 0 Å². The molecule has 2 fully saturated rings. The first kappa shape index (κ1) is 13.4. The molecule has 1 aliphatic heterocycles. The molecular formula is C16H21NO3. The average molecular weight is 275 g/mol. The highest BCUT2D eigenvalue weighted by Gasteiger charge is 2.55. The minimum Gasteiger partial charge on any atom is -0.508 e. The van der Waals surface area contributed by atoms with E-state index in [0.29, 0.717) is 11.7 Å². The number of aromatic hydroxyl groups is 1. The average Bonchev–Trinajstić information content (AvgIpc) is 2.95. The lowest BCUT2D eigenvalue weighted by atomic mass is 9.81. The number of methoxy groups -OCH3 is 1. The van der Waals surface area contributed by atoms with E-state index in [9.17, 15) is 9.90 Å². The minimum absolute atomic E-state index is 0.0431. The summed E-state index contributed by atoms with van der Waals surface area (Å²) in [7, 11) is 1.49. The van der Waals surface area contributed by atoms with Gasteiger partial charge in [0, 0.05) is 19.6 Å². The van der Waals surface area contributed by atoms with Crippen molar-refractivity contribution in [2.45, 2.75) is 25.8 Å². The van der Waals surface area contributed by atoms with E-state index in [4.69, 9.17) is 4.74 Å². The van der Waals surface area contributed by atoms with Gasteiger partial charge in [0.1, 0.15) is 5.75 Å². The van der Waals surface area contributed by atoms with E-state index >= 15 is 0 Å².